The van der Waals surface area contributed by atoms with Crippen molar-refractivity contribution in [2.45, 2.75) is 52.6 Å². The first-order chi connectivity index (χ1) is 5.07. The van der Waals surface area contributed by atoms with Crippen LogP contribution in [0.1, 0.15) is 41.5 Å². The van der Waals surface area contributed by atoms with E-state index in [1.54, 1.807) is 0 Å². The topological polar surface area (TPSA) is 6.48 Å². The van der Waals surface area contributed by atoms with Gasteiger partial charge in [-0.2, -0.15) is 0 Å². The SMILES string of the molecule is CN(C)N(C(C)(C)C)C(C)(C)C. The van der Waals surface area contributed by atoms with Gasteiger partial charge in [0.2, 0.25) is 0 Å². The Hall–Kier alpha value is -0.0800. The van der Waals surface area contributed by atoms with E-state index in [0.29, 0.717) is 0 Å². The molecule has 12 heavy (non-hydrogen) atoms. The smallest absolute Gasteiger partial charge is 0.0277 e. The lowest BCUT2D eigenvalue weighted by Gasteiger charge is -2.48. The van der Waals surface area contributed by atoms with Gasteiger partial charge in [0.1, 0.15) is 0 Å². The van der Waals surface area contributed by atoms with Crippen LogP contribution in [0.5, 0.6) is 0 Å². The average Bonchev–Trinajstić information content (AvgIpc) is 1.49. The van der Waals surface area contributed by atoms with Crippen molar-refractivity contribution in [1.29, 1.82) is 0 Å². The molecular weight excluding hydrogens is 148 g/mol. The molecule has 0 aromatic heterocycles. The van der Waals surface area contributed by atoms with E-state index in [1.807, 2.05) is 0 Å². The molecule has 0 unspecified atom stereocenters. The summed E-state index contributed by atoms with van der Waals surface area (Å²) >= 11 is 0. The van der Waals surface area contributed by atoms with E-state index in [2.05, 4.69) is 65.7 Å². The molecule has 0 aliphatic rings. The Labute approximate surface area is 77.5 Å². The minimum absolute atomic E-state index is 0.182. The molecule has 0 fully saturated rings. The number of hydrogen-bond donors (Lipinski definition) is 0. The number of nitrogens with zero attached hydrogens (tertiary/aromatic N) is 2. The van der Waals surface area contributed by atoms with E-state index in [1.165, 1.54) is 0 Å². The van der Waals surface area contributed by atoms with Crippen LogP contribution in [0.3, 0.4) is 0 Å². The molecule has 0 radical (unpaired) electrons. The molecule has 0 saturated heterocycles. The first kappa shape index (κ1) is 11.9. The molecule has 0 saturated carbocycles. The van der Waals surface area contributed by atoms with Gasteiger partial charge in [0, 0.05) is 25.2 Å². The normalized spacial score (nSPS) is 14.5. The highest BCUT2D eigenvalue weighted by atomic mass is 15.6. The summed E-state index contributed by atoms with van der Waals surface area (Å²) in [7, 11) is 4.19. The molecular formula is C10H24N2. The third kappa shape index (κ3) is 3.11. The van der Waals surface area contributed by atoms with Gasteiger partial charge in [0.25, 0.3) is 0 Å². The fourth-order valence-electron chi connectivity index (χ4n) is 2.21. The van der Waals surface area contributed by atoms with E-state index in [-0.39, 0.29) is 11.1 Å². The Morgan fingerprint density at radius 1 is 0.667 bits per heavy atom. The summed E-state index contributed by atoms with van der Waals surface area (Å²) in [5, 5.41) is 4.54. The van der Waals surface area contributed by atoms with Crippen LogP contribution in [0.15, 0.2) is 0 Å². The Bertz CT molecular complexity index is 123. The lowest BCUT2D eigenvalue weighted by Crippen LogP contribution is -2.58. The minimum Gasteiger partial charge on any atom is -0.247 e. The predicted octanol–water partition coefficient (Wildman–Crippen LogP) is 2.36. The highest BCUT2D eigenvalue weighted by Gasteiger charge is 2.32. The van der Waals surface area contributed by atoms with Gasteiger partial charge in [-0.25, -0.2) is 10.0 Å². The monoisotopic (exact) mass is 172 g/mol. The zero-order chi connectivity index (χ0) is 10.2. The molecule has 0 amide bonds. The quantitative estimate of drug-likeness (QED) is 0.560. The van der Waals surface area contributed by atoms with Crippen LogP contribution in [0.4, 0.5) is 0 Å². The van der Waals surface area contributed by atoms with Gasteiger partial charge in [0.05, 0.1) is 0 Å². The van der Waals surface area contributed by atoms with Crippen molar-refractivity contribution in [3.8, 4) is 0 Å². The number of hydrazine groups is 1. The van der Waals surface area contributed by atoms with Gasteiger partial charge in [-0.05, 0) is 41.5 Å². The molecule has 0 aromatic rings. The summed E-state index contributed by atoms with van der Waals surface area (Å²) in [6.45, 7) is 13.4. The van der Waals surface area contributed by atoms with Crippen molar-refractivity contribution in [3.05, 3.63) is 0 Å². The van der Waals surface area contributed by atoms with Crippen molar-refractivity contribution in [3.63, 3.8) is 0 Å². The third-order valence-electron chi connectivity index (χ3n) is 1.67. The average molecular weight is 172 g/mol. The largest absolute Gasteiger partial charge is 0.247 e. The van der Waals surface area contributed by atoms with E-state index >= 15 is 0 Å². The van der Waals surface area contributed by atoms with E-state index in [0.717, 1.165) is 0 Å². The Morgan fingerprint density at radius 3 is 0.917 bits per heavy atom. The van der Waals surface area contributed by atoms with Crippen LogP contribution >= 0.6 is 0 Å². The second-order valence-electron chi connectivity index (χ2n) is 5.50. The van der Waals surface area contributed by atoms with E-state index in [4.69, 9.17) is 0 Å². The van der Waals surface area contributed by atoms with Gasteiger partial charge in [0.15, 0.2) is 0 Å². The summed E-state index contributed by atoms with van der Waals surface area (Å²) in [6.07, 6.45) is 0. The first-order valence-corrected chi connectivity index (χ1v) is 4.54. The molecule has 0 aromatic carbocycles. The molecule has 2 nitrogen and oxygen atoms in total. The second kappa shape index (κ2) is 3.35. The highest BCUT2D eigenvalue weighted by Crippen LogP contribution is 2.24. The molecule has 0 aliphatic heterocycles. The van der Waals surface area contributed by atoms with Gasteiger partial charge in [-0.1, -0.05) is 0 Å². The lowest BCUT2D eigenvalue weighted by molar-refractivity contribution is -0.120. The molecule has 2 heteroatoms. The Balaban J connectivity index is 4.70. The maximum Gasteiger partial charge on any atom is 0.0277 e. The predicted molar refractivity (Wildman–Crippen MR) is 55.0 cm³/mol. The fourth-order valence-corrected chi connectivity index (χ4v) is 2.21. The van der Waals surface area contributed by atoms with Gasteiger partial charge < -0.3 is 0 Å². The summed E-state index contributed by atoms with van der Waals surface area (Å²) in [5.41, 5.74) is 0.365. The maximum absolute atomic E-state index is 2.38. The van der Waals surface area contributed by atoms with E-state index < -0.39 is 0 Å². The van der Waals surface area contributed by atoms with Gasteiger partial charge in [-0.15, -0.1) is 0 Å². The van der Waals surface area contributed by atoms with Crippen LogP contribution in [-0.2, 0) is 0 Å². The van der Waals surface area contributed by atoms with Gasteiger partial charge >= 0.3 is 0 Å². The number of rotatable bonds is 1. The van der Waals surface area contributed by atoms with E-state index in [9.17, 15) is 0 Å². The molecule has 0 N–H and O–H groups in total. The highest BCUT2D eigenvalue weighted by molar-refractivity contribution is 4.83. The van der Waals surface area contributed by atoms with Gasteiger partial charge in [-0.3, -0.25) is 0 Å². The molecule has 74 valence electrons. The Kier molecular flexibility index (Phi) is 3.32. The second-order valence-corrected chi connectivity index (χ2v) is 5.50. The van der Waals surface area contributed by atoms with Crippen LogP contribution < -0.4 is 0 Å². The van der Waals surface area contributed by atoms with Crippen molar-refractivity contribution in [2.24, 2.45) is 0 Å². The molecule has 0 aliphatic carbocycles. The summed E-state index contributed by atoms with van der Waals surface area (Å²) in [6, 6.07) is 0. The van der Waals surface area contributed by atoms with Crippen LogP contribution in [0.25, 0.3) is 0 Å². The molecule has 0 bridgehead atoms. The van der Waals surface area contributed by atoms with Crippen molar-refractivity contribution in [1.82, 2.24) is 10.0 Å². The Morgan fingerprint density at radius 2 is 0.917 bits per heavy atom. The molecule has 0 spiro atoms. The zero-order valence-corrected chi connectivity index (χ0v) is 9.89. The minimum atomic E-state index is 0.182. The zero-order valence-electron chi connectivity index (χ0n) is 9.89. The van der Waals surface area contributed by atoms with Crippen molar-refractivity contribution < 1.29 is 0 Å². The van der Waals surface area contributed by atoms with Crippen molar-refractivity contribution in [2.75, 3.05) is 14.1 Å². The van der Waals surface area contributed by atoms with Crippen LogP contribution in [0, 0.1) is 0 Å². The first-order valence-electron chi connectivity index (χ1n) is 4.54. The third-order valence-corrected chi connectivity index (χ3v) is 1.67. The fraction of sp³-hybridized carbons (Fsp3) is 1.00. The molecule has 0 atom stereocenters. The lowest BCUT2D eigenvalue weighted by atomic mass is 9.99. The van der Waals surface area contributed by atoms with Crippen LogP contribution in [0.2, 0.25) is 0 Å². The van der Waals surface area contributed by atoms with Crippen molar-refractivity contribution >= 4 is 0 Å². The molecule has 0 rings (SSSR count). The molecule has 0 heterocycles. The standard InChI is InChI=1S/C10H24N2/c1-9(2,3)12(11(7)8)10(4,5)6/h1-8H3. The van der Waals surface area contributed by atoms with Crippen LogP contribution in [-0.4, -0.2) is 35.2 Å². The summed E-state index contributed by atoms with van der Waals surface area (Å²) in [4.78, 5) is 0. The summed E-state index contributed by atoms with van der Waals surface area (Å²) in [5.74, 6) is 0. The summed E-state index contributed by atoms with van der Waals surface area (Å²) < 4.78 is 0. The maximum atomic E-state index is 2.38. The number of hydrogen-bond acceptors (Lipinski definition) is 2.